The molecule has 1 aromatic carbocycles. The lowest BCUT2D eigenvalue weighted by Crippen LogP contribution is -2.30. The summed E-state index contributed by atoms with van der Waals surface area (Å²) in [5, 5.41) is 5.54. The minimum Gasteiger partial charge on any atom is -0.355 e. The molecule has 0 unspecified atom stereocenters. The number of nitrogens with one attached hydrogen (secondary N) is 1. The zero-order chi connectivity index (χ0) is 17.6. The third-order valence-corrected chi connectivity index (χ3v) is 6.16. The fraction of sp³-hybridized carbons (Fsp3) is 0.412. The number of carbonyl (C=O) groups is 1. The maximum absolute atomic E-state index is 12.1. The van der Waals surface area contributed by atoms with Gasteiger partial charge in [-0.2, -0.15) is 0 Å². The van der Waals surface area contributed by atoms with Crippen LogP contribution >= 0.6 is 11.3 Å². The number of sulfone groups is 1. The van der Waals surface area contributed by atoms with Crippen molar-refractivity contribution < 1.29 is 13.2 Å². The summed E-state index contributed by atoms with van der Waals surface area (Å²) in [6.07, 6.45) is 0.182. The number of amides is 1. The van der Waals surface area contributed by atoms with E-state index in [1.807, 2.05) is 23.6 Å². The van der Waals surface area contributed by atoms with E-state index >= 15 is 0 Å². The van der Waals surface area contributed by atoms with Gasteiger partial charge in [0.1, 0.15) is 0 Å². The number of aromatic nitrogens is 1. The molecule has 0 saturated carbocycles. The van der Waals surface area contributed by atoms with E-state index < -0.39 is 9.84 Å². The van der Waals surface area contributed by atoms with Crippen molar-refractivity contribution in [2.75, 3.05) is 12.3 Å². The molecule has 0 radical (unpaired) electrons. The fourth-order valence-electron chi connectivity index (χ4n) is 2.14. The SMILES string of the molecule is CC(C)c1nc(CC(=O)NCCS(=O)(=O)Cc2ccccc2)cs1. The van der Waals surface area contributed by atoms with Gasteiger partial charge in [0, 0.05) is 17.8 Å². The van der Waals surface area contributed by atoms with Crippen molar-refractivity contribution in [3.63, 3.8) is 0 Å². The second kappa shape index (κ2) is 8.39. The number of hydrogen-bond donors (Lipinski definition) is 1. The molecule has 0 aliphatic rings. The van der Waals surface area contributed by atoms with Gasteiger partial charge in [-0.05, 0) is 5.56 Å². The number of rotatable bonds is 8. The van der Waals surface area contributed by atoms with Gasteiger partial charge in [-0.3, -0.25) is 4.79 Å². The second-order valence-corrected chi connectivity index (χ2v) is 9.01. The first-order chi connectivity index (χ1) is 11.4. The number of carbonyl (C=O) groups excluding carboxylic acids is 1. The van der Waals surface area contributed by atoms with Gasteiger partial charge in [0.05, 0.1) is 28.6 Å². The van der Waals surface area contributed by atoms with Crippen LogP contribution in [0.3, 0.4) is 0 Å². The van der Waals surface area contributed by atoms with Crippen molar-refractivity contribution in [2.24, 2.45) is 0 Å². The van der Waals surface area contributed by atoms with E-state index in [1.165, 1.54) is 0 Å². The van der Waals surface area contributed by atoms with Gasteiger partial charge in [0.15, 0.2) is 9.84 Å². The quantitative estimate of drug-likeness (QED) is 0.779. The topological polar surface area (TPSA) is 76.1 Å². The van der Waals surface area contributed by atoms with E-state index in [2.05, 4.69) is 24.1 Å². The Balaban J connectivity index is 1.77. The van der Waals surface area contributed by atoms with E-state index in [0.29, 0.717) is 5.92 Å². The van der Waals surface area contributed by atoms with Gasteiger partial charge < -0.3 is 5.32 Å². The first-order valence-electron chi connectivity index (χ1n) is 7.81. The Morgan fingerprint density at radius 2 is 1.96 bits per heavy atom. The zero-order valence-corrected chi connectivity index (χ0v) is 15.5. The Bertz CT molecular complexity index is 768. The molecule has 24 heavy (non-hydrogen) atoms. The number of hydrogen-bond acceptors (Lipinski definition) is 5. The molecule has 0 atom stereocenters. The molecule has 5 nitrogen and oxygen atoms in total. The molecular weight excluding hydrogens is 344 g/mol. The molecule has 0 bridgehead atoms. The summed E-state index contributed by atoms with van der Waals surface area (Å²) in [6, 6.07) is 9.03. The Morgan fingerprint density at radius 3 is 2.58 bits per heavy atom. The van der Waals surface area contributed by atoms with E-state index in [-0.39, 0.29) is 30.4 Å². The van der Waals surface area contributed by atoms with Crippen molar-refractivity contribution in [1.29, 1.82) is 0 Å². The molecule has 0 fully saturated rings. The van der Waals surface area contributed by atoms with Crippen molar-refractivity contribution in [3.05, 3.63) is 52.0 Å². The van der Waals surface area contributed by atoms with Gasteiger partial charge in [-0.25, -0.2) is 13.4 Å². The van der Waals surface area contributed by atoms with Crippen LogP contribution in [0.2, 0.25) is 0 Å². The fourth-order valence-corrected chi connectivity index (χ4v) is 4.23. The highest BCUT2D eigenvalue weighted by atomic mass is 32.2. The molecule has 2 aromatic rings. The van der Waals surface area contributed by atoms with Gasteiger partial charge >= 0.3 is 0 Å². The summed E-state index contributed by atoms with van der Waals surface area (Å²) >= 11 is 1.54. The molecule has 1 aromatic heterocycles. The van der Waals surface area contributed by atoms with Crippen LogP contribution in [0.1, 0.15) is 36.0 Å². The maximum Gasteiger partial charge on any atom is 0.226 e. The second-order valence-electron chi connectivity index (χ2n) is 5.94. The minimum atomic E-state index is -3.24. The molecule has 0 aliphatic heterocycles. The minimum absolute atomic E-state index is 0.00640. The molecule has 1 N–H and O–H groups in total. The zero-order valence-electron chi connectivity index (χ0n) is 13.9. The molecule has 130 valence electrons. The van der Waals surface area contributed by atoms with E-state index in [4.69, 9.17) is 0 Å². The highest BCUT2D eigenvalue weighted by Gasteiger charge is 2.13. The Kier molecular flexibility index (Phi) is 6.51. The van der Waals surface area contributed by atoms with Gasteiger partial charge in [-0.1, -0.05) is 44.2 Å². The monoisotopic (exact) mass is 366 g/mol. The molecule has 0 saturated heterocycles. The van der Waals surface area contributed by atoms with E-state index in [1.54, 1.807) is 23.5 Å². The molecule has 1 amide bonds. The average Bonchev–Trinajstić information content (AvgIpc) is 2.96. The lowest BCUT2D eigenvalue weighted by Gasteiger charge is -2.06. The van der Waals surface area contributed by atoms with Crippen LogP contribution in [-0.4, -0.2) is 31.6 Å². The first-order valence-corrected chi connectivity index (χ1v) is 10.5. The van der Waals surface area contributed by atoms with Crippen molar-refractivity contribution in [3.8, 4) is 0 Å². The van der Waals surface area contributed by atoms with Crippen molar-refractivity contribution >= 4 is 27.1 Å². The highest BCUT2D eigenvalue weighted by Crippen LogP contribution is 2.19. The standard InChI is InChI=1S/C17H22N2O3S2/c1-13(2)17-19-15(11-23-17)10-16(20)18-8-9-24(21,22)12-14-6-4-3-5-7-14/h3-7,11,13H,8-10,12H2,1-2H3,(H,18,20). The van der Waals surface area contributed by atoms with Crippen LogP contribution in [0.5, 0.6) is 0 Å². The Labute approximate surface area is 147 Å². The van der Waals surface area contributed by atoms with Gasteiger partial charge in [0.25, 0.3) is 0 Å². The summed E-state index contributed by atoms with van der Waals surface area (Å²) in [7, 11) is -3.24. The lowest BCUT2D eigenvalue weighted by molar-refractivity contribution is -0.120. The van der Waals surface area contributed by atoms with Crippen LogP contribution in [0.4, 0.5) is 0 Å². The summed E-state index contributed by atoms with van der Waals surface area (Å²) in [5.74, 6) is 0.0654. The molecule has 0 aliphatic carbocycles. The predicted molar refractivity (Wildman–Crippen MR) is 96.8 cm³/mol. The third kappa shape index (κ3) is 6.05. The number of thiazole rings is 1. The summed E-state index contributed by atoms with van der Waals surface area (Å²) in [6.45, 7) is 4.23. The molecular formula is C17H22N2O3S2. The van der Waals surface area contributed by atoms with Crippen LogP contribution in [-0.2, 0) is 26.8 Å². The number of benzene rings is 1. The molecule has 7 heteroatoms. The summed E-state index contributed by atoms with van der Waals surface area (Å²) < 4.78 is 24.1. The van der Waals surface area contributed by atoms with Crippen molar-refractivity contribution in [2.45, 2.75) is 31.9 Å². The third-order valence-electron chi connectivity index (χ3n) is 3.37. The molecule has 1 heterocycles. The Hall–Kier alpha value is -1.73. The van der Waals surface area contributed by atoms with Crippen molar-refractivity contribution in [1.82, 2.24) is 10.3 Å². The molecule has 2 rings (SSSR count). The van der Waals surface area contributed by atoms with E-state index in [0.717, 1.165) is 16.3 Å². The van der Waals surface area contributed by atoms with Crippen LogP contribution < -0.4 is 5.32 Å². The van der Waals surface area contributed by atoms with E-state index in [9.17, 15) is 13.2 Å². The first kappa shape index (κ1) is 18.6. The normalized spacial score (nSPS) is 11.6. The summed E-state index contributed by atoms with van der Waals surface area (Å²) in [4.78, 5) is 16.3. The molecule has 0 spiro atoms. The maximum atomic E-state index is 12.1. The Morgan fingerprint density at radius 1 is 1.25 bits per heavy atom. The largest absolute Gasteiger partial charge is 0.355 e. The van der Waals surface area contributed by atoms with Crippen LogP contribution in [0.25, 0.3) is 0 Å². The smallest absolute Gasteiger partial charge is 0.226 e. The van der Waals surface area contributed by atoms with Gasteiger partial charge in [-0.15, -0.1) is 11.3 Å². The number of nitrogens with zero attached hydrogens (tertiary/aromatic N) is 1. The summed E-state index contributed by atoms with van der Waals surface area (Å²) in [5.41, 5.74) is 1.49. The van der Waals surface area contributed by atoms with Crippen LogP contribution in [0.15, 0.2) is 35.7 Å². The lowest BCUT2D eigenvalue weighted by atomic mass is 10.2. The average molecular weight is 367 g/mol. The van der Waals surface area contributed by atoms with Crippen LogP contribution in [0, 0.1) is 0 Å². The predicted octanol–water partition coefficient (Wildman–Crippen LogP) is 2.54. The van der Waals surface area contributed by atoms with Gasteiger partial charge in [0.2, 0.25) is 5.91 Å². The highest BCUT2D eigenvalue weighted by molar-refractivity contribution is 7.90.